The average molecular weight is 370 g/mol. The van der Waals surface area contributed by atoms with Crippen molar-refractivity contribution in [2.45, 2.75) is 9.79 Å². The van der Waals surface area contributed by atoms with Gasteiger partial charge in [-0.25, -0.2) is 8.42 Å². The van der Waals surface area contributed by atoms with E-state index < -0.39 is 9.84 Å². The fourth-order valence-electron chi connectivity index (χ4n) is 3.16. The monoisotopic (exact) mass is 370 g/mol. The number of benzene rings is 4. The van der Waals surface area contributed by atoms with Crippen molar-refractivity contribution in [1.29, 1.82) is 0 Å². The highest BCUT2D eigenvalue weighted by Gasteiger charge is 2.21. The Hall–Kier alpha value is -3.17. The van der Waals surface area contributed by atoms with Gasteiger partial charge in [-0.3, -0.25) is 0 Å². The average Bonchev–Trinajstić information content (AvgIpc) is 2.75. The summed E-state index contributed by atoms with van der Waals surface area (Å²) in [4.78, 5) is 0.623. The van der Waals surface area contributed by atoms with E-state index in [2.05, 4.69) is 0 Å². The van der Waals surface area contributed by atoms with Crippen molar-refractivity contribution in [3.05, 3.63) is 109 Å². The first kappa shape index (κ1) is 17.3. The molecule has 132 valence electrons. The van der Waals surface area contributed by atoms with Gasteiger partial charge in [0.25, 0.3) is 0 Å². The van der Waals surface area contributed by atoms with Crippen LogP contribution in [0.15, 0.2) is 119 Å². The van der Waals surface area contributed by atoms with Crippen LogP contribution in [0.4, 0.5) is 0 Å². The van der Waals surface area contributed by atoms with E-state index in [0.29, 0.717) is 15.4 Å². The van der Waals surface area contributed by atoms with Crippen molar-refractivity contribution in [3.8, 4) is 22.3 Å². The first-order valence-electron chi connectivity index (χ1n) is 8.71. The van der Waals surface area contributed by atoms with Crippen molar-refractivity contribution in [3.63, 3.8) is 0 Å². The lowest BCUT2D eigenvalue weighted by Gasteiger charge is -2.12. The minimum atomic E-state index is -3.60. The predicted octanol–water partition coefficient (Wildman–Crippen LogP) is 5.85. The molecular formula is C24H18O2S. The van der Waals surface area contributed by atoms with Crippen molar-refractivity contribution in [1.82, 2.24) is 0 Å². The molecule has 0 amide bonds. The second-order valence-corrected chi connectivity index (χ2v) is 8.18. The van der Waals surface area contributed by atoms with Gasteiger partial charge in [-0.05, 0) is 41.0 Å². The van der Waals surface area contributed by atoms with Gasteiger partial charge in [-0.1, -0.05) is 84.9 Å². The highest BCUT2D eigenvalue weighted by atomic mass is 32.2. The van der Waals surface area contributed by atoms with Crippen LogP contribution < -0.4 is 0 Å². The van der Waals surface area contributed by atoms with Crippen LogP contribution in [0.5, 0.6) is 0 Å². The van der Waals surface area contributed by atoms with Gasteiger partial charge in [0, 0.05) is 5.56 Å². The zero-order valence-electron chi connectivity index (χ0n) is 14.6. The Morgan fingerprint density at radius 1 is 0.481 bits per heavy atom. The van der Waals surface area contributed by atoms with E-state index in [9.17, 15) is 8.42 Å². The molecule has 0 aliphatic carbocycles. The smallest absolute Gasteiger partial charge is 0.207 e. The molecule has 0 N–H and O–H groups in total. The first-order chi connectivity index (χ1) is 13.2. The molecule has 3 heteroatoms. The quantitative estimate of drug-likeness (QED) is 0.451. The van der Waals surface area contributed by atoms with Gasteiger partial charge in [0.2, 0.25) is 9.84 Å². The number of hydrogen-bond acceptors (Lipinski definition) is 2. The van der Waals surface area contributed by atoms with E-state index in [1.807, 2.05) is 72.8 Å². The van der Waals surface area contributed by atoms with Crippen LogP contribution in [-0.4, -0.2) is 8.42 Å². The summed E-state index contributed by atoms with van der Waals surface area (Å²) in [5, 5.41) is 0. The van der Waals surface area contributed by atoms with Crippen molar-refractivity contribution < 1.29 is 8.42 Å². The van der Waals surface area contributed by atoms with Crippen molar-refractivity contribution in [2.75, 3.05) is 0 Å². The lowest BCUT2D eigenvalue weighted by molar-refractivity contribution is 0.596. The van der Waals surface area contributed by atoms with Crippen LogP contribution in [0.3, 0.4) is 0 Å². The molecule has 0 bridgehead atoms. The van der Waals surface area contributed by atoms with Crippen LogP contribution in [0.2, 0.25) is 0 Å². The summed E-state index contributed by atoms with van der Waals surface area (Å²) in [5.74, 6) is 0. The minimum Gasteiger partial charge on any atom is -0.218 e. The summed E-state index contributed by atoms with van der Waals surface area (Å²) in [5.41, 5.74) is 3.74. The molecule has 0 saturated heterocycles. The van der Waals surface area contributed by atoms with Gasteiger partial charge in [-0.2, -0.15) is 0 Å². The molecule has 4 aromatic carbocycles. The Labute approximate surface area is 159 Å². The number of rotatable bonds is 4. The molecule has 0 aliphatic heterocycles. The summed E-state index contributed by atoms with van der Waals surface area (Å²) in [6, 6.07) is 33.8. The zero-order chi connectivity index (χ0) is 18.7. The van der Waals surface area contributed by atoms with Crippen LogP contribution in [0.25, 0.3) is 22.3 Å². The third-order valence-electron chi connectivity index (χ3n) is 4.51. The molecular weight excluding hydrogens is 352 g/mol. The molecule has 4 rings (SSSR count). The lowest BCUT2D eigenvalue weighted by Crippen LogP contribution is -2.03. The van der Waals surface area contributed by atoms with E-state index in [1.54, 1.807) is 36.4 Å². The Morgan fingerprint density at radius 2 is 1.04 bits per heavy atom. The van der Waals surface area contributed by atoms with Crippen molar-refractivity contribution >= 4 is 9.84 Å². The maximum absolute atomic E-state index is 13.2. The van der Waals surface area contributed by atoms with Gasteiger partial charge in [0.1, 0.15) is 0 Å². The fourth-order valence-corrected chi connectivity index (χ4v) is 4.67. The second kappa shape index (κ2) is 7.22. The molecule has 0 unspecified atom stereocenters. The molecule has 0 saturated carbocycles. The molecule has 0 radical (unpaired) electrons. The lowest BCUT2D eigenvalue weighted by atomic mass is 9.99. The number of hydrogen-bond donors (Lipinski definition) is 0. The summed E-state index contributed by atoms with van der Waals surface area (Å²) < 4.78 is 26.4. The van der Waals surface area contributed by atoms with Crippen LogP contribution in [-0.2, 0) is 9.84 Å². The molecule has 2 nitrogen and oxygen atoms in total. The Bertz CT molecular complexity index is 1170. The highest BCUT2D eigenvalue weighted by molar-refractivity contribution is 7.91. The summed E-state index contributed by atoms with van der Waals surface area (Å²) >= 11 is 0. The van der Waals surface area contributed by atoms with E-state index in [1.165, 1.54) is 0 Å². The van der Waals surface area contributed by atoms with Crippen LogP contribution >= 0.6 is 0 Å². The van der Waals surface area contributed by atoms with Crippen LogP contribution in [0.1, 0.15) is 0 Å². The Balaban J connectivity index is 1.86. The molecule has 0 fully saturated rings. The molecule has 0 heterocycles. The summed E-state index contributed by atoms with van der Waals surface area (Å²) in [6.45, 7) is 0. The standard InChI is InChI=1S/C24H18O2S/c25-27(26,22-14-5-2-6-15-22)24-17-8-7-16-23(24)21-13-9-12-20(18-21)19-10-3-1-4-11-19/h1-18H. The SMILES string of the molecule is O=S(=O)(c1ccccc1)c1ccccc1-c1cccc(-c2ccccc2)c1. The molecule has 4 aromatic rings. The fraction of sp³-hybridized carbons (Fsp3) is 0. The predicted molar refractivity (Wildman–Crippen MR) is 109 cm³/mol. The number of sulfone groups is 1. The van der Waals surface area contributed by atoms with Gasteiger partial charge < -0.3 is 0 Å². The molecule has 0 aromatic heterocycles. The van der Waals surface area contributed by atoms with Crippen molar-refractivity contribution in [2.24, 2.45) is 0 Å². The molecule has 0 atom stereocenters. The van der Waals surface area contributed by atoms with Crippen LogP contribution in [0, 0.1) is 0 Å². The van der Waals surface area contributed by atoms with E-state index in [0.717, 1.165) is 16.7 Å². The normalized spacial score (nSPS) is 11.3. The molecule has 0 spiro atoms. The van der Waals surface area contributed by atoms with E-state index >= 15 is 0 Å². The molecule has 27 heavy (non-hydrogen) atoms. The van der Waals surface area contributed by atoms with Gasteiger partial charge in [0.05, 0.1) is 9.79 Å². The first-order valence-corrected chi connectivity index (χ1v) is 10.2. The Kier molecular flexibility index (Phi) is 4.61. The summed E-state index contributed by atoms with van der Waals surface area (Å²) in [6.07, 6.45) is 0. The zero-order valence-corrected chi connectivity index (χ0v) is 15.4. The third-order valence-corrected chi connectivity index (χ3v) is 6.34. The van der Waals surface area contributed by atoms with Gasteiger partial charge >= 0.3 is 0 Å². The van der Waals surface area contributed by atoms with E-state index in [-0.39, 0.29) is 0 Å². The minimum absolute atomic E-state index is 0.302. The largest absolute Gasteiger partial charge is 0.218 e. The molecule has 0 aliphatic rings. The van der Waals surface area contributed by atoms with Gasteiger partial charge in [-0.15, -0.1) is 0 Å². The van der Waals surface area contributed by atoms with Gasteiger partial charge in [0.15, 0.2) is 0 Å². The maximum atomic E-state index is 13.2. The van der Waals surface area contributed by atoms with E-state index in [4.69, 9.17) is 0 Å². The topological polar surface area (TPSA) is 34.1 Å². The second-order valence-electron chi connectivity index (χ2n) is 6.26. The third kappa shape index (κ3) is 3.42. The maximum Gasteiger partial charge on any atom is 0.207 e. The summed E-state index contributed by atoms with van der Waals surface area (Å²) in [7, 11) is -3.60. The Morgan fingerprint density at radius 3 is 1.78 bits per heavy atom. The highest BCUT2D eigenvalue weighted by Crippen LogP contribution is 2.33.